The third-order valence-corrected chi connectivity index (χ3v) is 4.76. The Morgan fingerprint density at radius 3 is 2.59 bits per heavy atom. The number of esters is 1. The Balaban J connectivity index is 1.78. The zero-order valence-electron chi connectivity index (χ0n) is 15.2. The van der Waals surface area contributed by atoms with Crippen LogP contribution >= 0.6 is 11.3 Å². The van der Waals surface area contributed by atoms with Crippen molar-refractivity contribution < 1.29 is 19.1 Å². The number of carbonyl (C=O) groups excluding carboxylic acids is 3. The van der Waals surface area contributed by atoms with Crippen LogP contribution in [0.15, 0.2) is 48.5 Å². The van der Waals surface area contributed by atoms with Gasteiger partial charge >= 0.3 is 12.0 Å². The minimum Gasteiger partial charge on any atom is -0.452 e. The monoisotopic (exact) mass is 386 g/mol. The molecule has 6 nitrogen and oxygen atoms in total. The highest BCUT2D eigenvalue weighted by molar-refractivity contribution is 7.16. The van der Waals surface area contributed by atoms with Gasteiger partial charge in [0.15, 0.2) is 6.61 Å². The standard InChI is InChI=1S/C20H22N2O4S/c1-3-14(2)21-20(25)22-18(23)13-26-19(24)12-10-16-9-11-17(27-16)15-7-5-4-6-8-15/h4-12,14H,3,13H2,1-2H3,(H2,21,22,23,25)/b12-10+/t14-/m0/s1. The van der Waals surface area contributed by atoms with Gasteiger partial charge in [-0.25, -0.2) is 9.59 Å². The van der Waals surface area contributed by atoms with Gasteiger partial charge in [-0.2, -0.15) is 0 Å². The number of hydrogen-bond acceptors (Lipinski definition) is 5. The molecule has 7 heteroatoms. The van der Waals surface area contributed by atoms with Crippen LogP contribution in [-0.2, 0) is 14.3 Å². The maximum atomic E-state index is 11.7. The molecule has 0 aliphatic carbocycles. The number of amides is 3. The Kier molecular flexibility index (Phi) is 7.76. The van der Waals surface area contributed by atoms with E-state index in [2.05, 4.69) is 10.6 Å². The second-order valence-corrected chi connectivity index (χ2v) is 6.96. The average Bonchev–Trinajstić information content (AvgIpc) is 3.14. The molecule has 1 atom stereocenters. The van der Waals surface area contributed by atoms with E-state index in [9.17, 15) is 14.4 Å². The summed E-state index contributed by atoms with van der Waals surface area (Å²) >= 11 is 1.54. The summed E-state index contributed by atoms with van der Waals surface area (Å²) in [4.78, 5) is 36.8. The van der Waals surface area contributed by atoms with E-state index in [1.807, 2.05) is 56.3 Å². The highest BCUT2D eigenvalue weighted by Gasteiger charge is 2.11. The summed E-state index contributed by atoms with van der Waals surface area (Å²) in [6, 6.07) is 13.2. The van der Waals surface area contributed by atoms with Crippen molar-refractivity contribution in [2.45, 2.75) is 26.3 Å². The van der Waals surface area contributed by atoms with E-state index in [0.717, 1.165) is 21.7 Å². The number of urea groups is 1. The first-order chi connectivity index (χ1) is 13.0. The fraction of sp³-hybridized carbons (Fsp3) is 0.250. The molecule has 2 aromatic rings. The van der Waals surface area contributed by atoms with Gasteiger partial charge in [-0.05, 0) is 37.1 Å². The molecule has 2 N–H and O–H groups in total. The molecule has 0 aliphatic heterocycles. The van der Waals surface area contributed by atoms with Gasteiger partial charge in [-0.3, -0.25) is 10.1 Å². The highest BCUT2D eigenvalue weighted by atomic mass is 32.1. The molecular weight excluding hydrogens is 364 g/mol. The minimum absolute atomic E-state index is 0.0464. The van der Waals surface area contributed by atoms with Gasteiger partial charge in [-0.15, -0.1) is 11.3 Å². The van der Waals surface area contributed by atoms with Crippen molar-refractivity contribution in [3.05, 3.63) is 53.4 Å². The van der Waals surface area contributed by atoms with E-state index in [4.69, 9.17) is 4.74 Å². The number of imide groups is 1. The van der Waals surface area contributed by atoms with Crippen molar-refractivity contribution in [2.75, 3.05) is 6.61 Å². The molecule has 0 saturated carbocycles. The molecular formula is C20H22N2O4S. The second kappa shape index (κ2) is 10.3. The summed E-state index contributed by atoms with van der Waals surface area (Å²) in [7, 11) is 0. The van der Waals surface area contributed by atoms with Crippen LogP contribution in [0.2, 0.25) is 0 Å². The molecule has 142 valence electrons. The van der Waals surface area contributed by atoms with Crippen LogP contribution in [0, 0.1) is 0 Å². The number of ether oxygens (including phenoxy) is 1. The first-order valence-electron chi connectivity index (χ1n) is 8.58. The van der Waals surface area contributed by atoms with Crippen LogP contribution in [0.5, 0.6) is 0 Å². The average molecular weight is 386 g/mol. The molecule has 0 radical (unpaired) electrons. The van der Waals surface area contributed by atoms with E-state index < -0.39 is 24.5 Å². The number of nitrogens with one attached hydrogen (secondary N) is 2. The lowest BCUT2D eigenvalue weighted by Gasteiger charge is -2.11. The van der Waals surface area contributed by atoms with Crippen LogP contribution < -0.4 is 10.6 Å². The molecule has 0 bridgehead atoms. The molecule has 27 heavy (non-hydrogen) atoms. The molecule has 0 spiro atoms. The number of rotatable bonds is 7. The first kappa shape index (κ1) is 20.4. The van der Waals surface area contributed by atoms with E-state index in [1.54, 1.807) is 17.4 Å². The fourth-order valence-corrected chi connectivity index (χ4v) is 2.98. The molecule has 0 saturated heterocycles. The van der Waals surface area contributed by atoms with Crippen molar-refractivity contribution in [3.8, 4) is 10.4 Å². The Bertz CT molecular complexity index is 814. The van der Waals surface area contributed by atoms with Crippen molar-refractivity contribution in [2.24, 2.45) is 0 Å². The summed E-state index contributed by atoms with van der Waals surface area (Å²) in [6.07, 6.45) is 3.64. The molecule has 1 heterocycles. The van der Waals surface area contributed by atoms with Crippen molar-refractivity contribution in [1.29, 1.82) is 0 Å². The summed E-state index contributed by atoms with van der Waals surface area (Å²) in [6.45, 7) is 3.22. The predicted molar refractivity (Wildman–Crippen MR) is 106 cm³/mol. The van der Waals surface area contributed by atoms with Crippen molar-refractivity contribution in [3.63, 3.8) is 0 Å². The molecule has 0 fully saturated rings. The van der Waals surface area contributed by atoms with E-state index in [-0.39, 0.29) is 6.04 Å². The smallest absolute Gasteiger partial charge is 0.331 e. The number of thiophene rings is 1. The van der Waals surface area contributed by atoms with E-state index in [1.165, 1.54) is 6.08 Å². The molecule has 0 unspecified atom stereocenters. The van der Waals surface area contributed by atoms with Gasteiger partial charge in [0.1, 0.15) is 0 Å². The Hall–Kier alpha value is -2.93. The predicted octanol–water partition coefficient (Wildman–Crippen LogP) is 3.60. The lowest BCUT2D eigenvalue weighted by molar-refractivity contribution is -0.143. The maximum Gasteiger partial charge on any atom is 0.331 e. The largest absolute Gasteiger partial charge is 0.452 e. The Labute approximate surface area is 162 Å². The topological polar surface area (TPSA) is 84.5 Å². The van der Waals surface area contributed by atoms with Crippen molar-refractivity contribution in [1.82, 2.24) is 10.6 Å². The number of hydrogen-bond donors (Lipinski definition) is 2. The van der Waals surface area contributed by atoms with Gasteiger partial charge in [0.2, 0.25) is 0 Å². The third kappa shape index (κ3) is 7.07. The zero-order chi connectivity index (χ0) is 19.6. The van der Waals surface area contributed by atoms with Crippen LogP contribution in [0.1, 0.15) is 25.1 Å². The highest BCUT2D eigenvalue weighted by Crippen LogP contribution is 2.28. The molecule has 0 aliphatic rings. The summed E-state index contributed by atoms with van der Waals surface area (Å²) < 4.78 is 4.84. The summed E-state index contributed by atoms with van der Waals surface area (Å²) in [5, 5.41) is 4.69. The lowest BCUT2D eigenvalue weighted by atomic mass is 10.2. The number of benzene rings is 1. The SMILES string of the molecule is CC[C@H](C)NC(=O)NC(=O)COC(=O)/C=C/c1ccc(-c2ccccc2)s1. The van der Waals surface area contributed by atoms with Gasteiger partial charge in [0, 0.05) is 21.9 Å². The van der Waals surface area contributed by atoms with E-state index in [0.29, 0.717) is 0 Å². The molecule has 1 aromatic heterocycles. The first-order valence-corrected chi connectivity index (χ1v) is 9.40. The van der Waals surface area contributed by atoms with Crippen LogP contribution in [0.25, 0.3) is 16.5 Å². The Morgan fingerprint density at radius 1 is 1.15 bits per heavy atom. The molecule has 2 rings (SSSR count). The van der Waals surface area contributed by atoms with Gasteiger partial charge in [0.05, 0.1) is 0 Å². The van der Waals surface area contributed by atoms with Crippen LogP contribution in [0.4, 0.5) is 4.79 Å². The number of carbonyl (C=O) groups is 3. The second-order valence-electron chi connectivity index (χ2n) is 5.84. The van der Waals surface area contributed by atoms with Crippen LogP contribution in [0.3, 0.4) is 0 Å². The summed E-state index contributed by atoms with van der Waals surface area (Å²) in [5.41, 5.74) is 1.11. The minimum atomic E-state index is -0.681. The third-order valence-electron chi connectivity index (χ3n) is 3.66. The fourth-order valence-electron chi connectivity index (χ4n) is 2.06. The summed E-state index contributed by atoms with van der Waals surface area (Å²) in [5.74, 6) is -1.33. The molecule has 1 aromatic carbocycles. The van der Waals surface area contributed by atoms with Gasteiger partial charge in [0.25, 0.3) is 5.91 Å². The zero-order valence-corrected chi connectivity index (χ0v) is 16.0. The van der Waals surface area contributed by atoms with E-state index >= 15 is 0 Å². The lowest BCUT2D eigenvalue weighted by Crippen LogP contribution is -2.44. The maximum absolute atomic E-state index is 11.7. The van der Waals surface area contributed by atoms with Crippen molar-refractivity contribution >= 4 is 35.3 Å². The van der Waals surface area contributed by atoms with Crippen LogP contribution in [-0.4, -0.2) is 30.6 Å². The molecule has 3 amide bonds. The Morgan fingerprint density at radius 2 is 1.89 bits per heavy atom. The van der Waals surface area contributed by atoms with Gasteiger partial charge < -0.3 is 10.1 Å². The quantitative estimate of drug-likeness (QED) is 0.562. The van der Waals surface area contributed by atoms with Gasteiger partial charge in [-0.1, -0.05) is 37.3 Å². The normalized spacial score (nSPS) is 11.8.